The molecule has 0 radical (unpaired) electrons. The van der Waals surface area contributed by atoms with E-state index >= 15 is 0 Å². The van der Waals surface area contributed by atoms with Crippen LogP contribution in [-0.2, 0) is 21.4 Å². The van der Waals surface area contributed by atoms with Crippen LogP contribution in [0.5, 0.6) is 0 Å². The highest BCUT2D eigenvalue weighted by atomic mass is 16.5. The minimum Gasteiger partial charge on any atom is -0.459 e. The average molecular weight is 264 g/mol. The first-order valence-corrected chi connectivity index (χ1v) is 5.60. The molecule has 0 atom stereocenters. The van der Waals surface area contributed by atoms with E-state index in [0.29, 0.717) is 16.8 Å². The fourth-order valence-corrected chi connectivity index (χ4v) is 1.59. The number of anilines is 1. The van der Waals surface area contributed by atoms with E-state index in [4.69, 9.17) is 4.42 Å². The van der Waals surface area contributed by atoms with Crippen molar-refractivity contribution in [3.8, 4) is 0 Å². The molecule has 1 amide bonds. The smallest absolute Gasteiger partial charge is 0.419 e. The van der Waals surface area contributed by atoms with E-state index in [1.807, 2.05) is 0 Å². The summed E-state index contributed by atoms with van der Waals surface area (Å²) in [5.41, 5.74) is 1.27. The summed E-state index contributed by atoms with van der Waals surface area (Å²) >= 11 is 0. The first kappa shape index (κ1) is 12.9. The minimum absolute atomic E-state index is 0.124. The molecule has 100 valence electrons. The maximum absolute atomic E-state index is 11.4. The van der Waals surface area contributed by atoms with Crippen molar-refractivity contribution in [2.24, 2.45) is 7.05 Å². The number of carbonyl (C=O) groups is 2. The Labute approximate surface area is 107 Å². The van der Waals surface area contributed by atoms with Crippen LogP contribution in [0.4, 0.5) is 5.69 Å². The molecule has 1 heterocycles. The van der Waals surface area contributed by atoms with Crippen molar-refractivity contribution in [1.29, 1.82) is 0 Å². The minimum atomic E-state index is -0.961. The maximum atomic E-state index is 11.4. The summed E-state index contributed by atoms with van der Waals surface area (Å²) in [5, 5.41) is 2.36. The summed E-state index contributed by atoms with van der Waals surface area (Å²) in [6, 6.07) is 4.64. The Balaban J connectivity index is 2.25. The number of aryl methyl sites for hydroxylation is 1. The van der Waals surface area contributed by atoms with Gasteiger partial charge in [0.05, 0.1) is 12.1 Å². The van der Waals surface area contributed by atoms with Crippen LogP contribution in [-0.4, -0.2) is 23.1 Å². The van der Waals surface area contributed by atoms with E-state index < -0.39 is 17.6 Å². The summed E-state index contributed by atoms with van der Waals surface area (Å²) < 4.78 is 10.9. The van der Waals surface area contributed by atoms with Crippen LogP contribution in [0.15, 0.2) is 27.4 Å². The van der Waals surface area contributed by atoms with Gasteiger partial charge in [0, 0.05) is 18.8 Å². The molecule has 2 rings (SSSR count). The highest BCUT2D eigenvalue weighted by Crippen LogP contribution is 2.17. The number of nitrogens with zero attached hydrogens (tertiary/aromatic N) is 1. The van der Waals surface area contributed by atoms with E-state index in [9.17, 15) is 14.4 Å². The summed E-state index contributed by atoms with van der Waals surface area (Å²) in [7, 11) is 1.57. The number of ether oxygens (including phenoxy) is 1. The van der Waals surface area contributed by atoms with Gasteiger partial charge in [-0.15, -0.1) is 0 Å². The Morgan fingerprint density at radius 1 is 1.42 bits per heavy atom. The van der Waals surface area contributed by atoms with Gasteiger partial charge in [0.1, 0.15) is 0 Å². The third-order valence-electron chi connectivity index (χ3n) is 2.51. The molecule has 0 bridgehead atoms. The summed E-state index contributed by atoms with van der Waals surface area (Å²) in [6.45, 7) is 1.73. The molecule has 1 N–H and O–H groups in total. The van der Waals surface area contributed by atoms with Crippen molar-refractivity contribution in [3.05, 3.63) is 28.7 Å². The van der Waals surface area contributed by atoms with Crippen molar-refractivity contribution in [2.75, 3.05) is 11.9 Å². The molecule has 1 aromatic carbocycles. The number of aromatic nitrogens is 1. The third-order valence-corrected chi connectivity index (χ3v) is 2.51. The number of oxazole rings is 1. The van der Waals surface area contributed by atoms with Crippen LogP contribution < -0.4 is 11.1 Å². The molecule has 1 aromatic heterocycles. The molecule has 0 saturated heterocycles. The van der Waals surface area contributed by atoms with Gasteiger partial charge in [-0.1, -0.05) is 0 Å². The monoisotopic (exact) mass is 264 g/mol. The zero-order valence-electron chi connectivity index (χ0n) is 10.4. The van der Waals surface area contributed by atoms with Crippen molar-refractivity contribution >= 4 is 28.7 Å². The van der Waals surface area contributed by atoms with Gasteiger partial charge in [0.2, 0.25) is 0 Å². The van der Waals surface area contributed by atoms with Gasteiger partial charge in [-0.05, 0) is 19.1 Å². The molecule has 0 aliphatic rings. The van der Waals surface area contributed by atoms with Crippen LogP contribution in [0, 0.1) is 0 Å². The Hall–Kier alpha value is -2.57. The Morgan fingerprint density at radius 2 is 2.16 bits per heavy atom. The topological polar surface area (TPSA) is 90.5 Å². The van der Waals surface area contributed by atoms with Gasteiger partial charge in [-0.3, -0.25) is 9.36 Å². The Bertz CT molecular complexity index is 698. The van der Waals surface area contributed by atoms with Crippen molar-refractivity contribution in [1.82, 2.24) is 4.57 Å². The van der Waals surface area contributed by atoms with Crippen molar-refractivity contribution in [2.45, 2.75) is 6.92 Å². The van der Waals surface area contributed by atoms with E-state index in [2.05, 4.69) is 10.1 Å². The molecule has 0 saturated carbocycles. The lowest BCUT2D eigenvalue weighted by molar-refractivity contribution is -0.152. The number of hydrogen-bond acceptors (Lipinski definition) is 5. The van der Waals surface area contributed by atoms with Gasteiger partial charge in [-0.25, -0.2) is 9.59 Å². The molecular formula is C12H12N2O5. The quantitative estimate of drug-likeness (QED) is 0.634. The van der Waals surface area contributed by atoms with Crippen molar-refractivity contribution < 1.29 is 18.7 Å². The van der Waals surface area contributed by atoms with Gasteiger partial charge < -0.3 is 14.5 Å². The predicted molar refractivity (Wildman–Crippen MR) is 66.7 cm³/mol. The summed E-state index contributed by atoms with van der Waals surface area (Å²) in [6.07, 6.45) is 0. The zero-order chi connectivity index (χ0) is 14.0. The molecule has 7 nitrogen and oxygen atoms in total. The molecule has 0 aliphatic heterocycles. The van der Waals surface area contributed by atoms with Gasteiger partial charge in [0.25, 0.3) is 0 Å². The number of carbonyl (C=O) groups excluding carboxylic acids is 2. The van der Waals surface area contributed by atoms with Crippen molar-refractivity contribution in [3.63, 3.8) is 0 Å². The number of hydrogen-bond donors (Lipinski definition) is 1. The Morgan fingerprint density at radius 3 is 2.84 bits per heavy atom. The predicted octanol–water partition coefficient (Wildman–Crippen LogP) is 0.633. The molecule has 0 fully saturated rings. The molecule has 7 heteroatoms. The van der Waals surface area contributed by atoms with Crippen LogP contribution >= 0.6 is 0 Å². The standard InChI is InChI=1S/C12H12N2O5/c1-3-18-11(16)10(15)13-7-4-5-8-9(6-7)19-12(17)14(8)2/h4-6H,3H2,1-2H3,(H,13,15). The van der Waals surface area contributed by atoms with Gasteiger partial charge in [-0.2, -0.15) is 0 Å². The van der Waals surface area contributed by atoms with E-state index in [0.717, 1.165) is 0 Å². The van der Waals surface area contributed by atoms with E-state index in [-0.39, 0.29) is 6.61 Å². The first-order valence-electron chi connectivity index (χ1n) is 5.60. The third kappa shape index (κ3) is 2.49. The van der Waals surface area contributed by atoms with Gasteiger partial charge >= 0.3 is 17.6 Å². The molecule has 2 aromatic rings. The van der Waals surface area contributed by atoms with E-state index in [1.54, 1.807) is 26.1 Å². The molecular weight excluding hydrogens is 252 g/mol. The van der Waals surface area contributed by atoms with Gasteiger partial charge in [0.15, 0.2) is 5.58 Å². The lowest BCUT2D eigenvalue weighted by Gasteiger charge is -2.04. The maximum Gasteiger partial charge on any atom is 0.419 e. The number of rotatable bonds is 2. The lowest BCUT2D eigenvalue weighted by Crippen LogP contribution is -2.24. The second kappa shape index (κ2) is 4.97. The second-order valence-corrected chi connectivity index (χ2v) is 3.78. The average Bonchev–Trinajstić information content (AvgIpc) is 2.65. The SMILES string of the molecule is CCOC(=O)C(=O)Nc1ccc2c(c1)oc(=O)n2C. The van der Waals surface area contributed by atoms with Crippen LogP contribution in [0.25, 0.3) is 11.1 Å². The summed E-state index contributed by atoms with van der Waals surface area (Å²) in [4.78, 5) is 33.9. The first-order chi connectivity index (χ1) is 9.02. The fraction of sp³-hybridized carbons (Fsp3) is 0.250. The molecule has 0 spiro atoms. The summed E-state index contributed by atoms with van der Waals surface area (Å²) in [5.74, 6) is -2.33. The van der Waals surface area contributed by atoms with Crippen LogP contribution in [0.1, 0.15) is 6.92 Å². The molecule has 0 unspecified atom stereocenters. The second-order valence-electron chi connectivity index (χ2n) is 3.78. The lowest BCUT2D eigenvalue weighted by atomic mass is 10.3. The highest BCUT2D eigenvalue weighted by Gasteiger charge is 2.15. The molecule has 19 heavy (non-hydrogen) atoms. The largest absolute Gasteiger partial charge is 0.459 e. The van der Waals surface area contributed by atoms with E-state index in [1.165, 1.54) is 10.6 Å². The number of fused-ring (bicyclic) bond motifs is 1. The zero-order valence-corrected chi connectivity index (χ0v) is 10.4. The number of esters is 1. The number of nitrogens with one attached hydrogen (secondary N) is 1. The fourth-order valence-electron chi connectivity index (χ4n) is 1.59. The Kier molecular flexibility index (Phi) is 3.37. The molecule has 0 aliphatic carbocycles. The van der Waals surface area contributed by atoms with Crippen LogP contribution in [0.3, 0.4) is 0 Å². The number of benzene rings is 1. The van der Waals surface area contributed by atoms with Crippen LogP contribution in [0.2, 0.25) is 0 Å². The highest BCUT2D eigenvalue weighted by molar-refractivity contribution is 6.37. The number of amides is 1. The normalized spacial score (nSPS) is 10.4.